The summed E-state index contributed by atoms with van der Waals surface area (Å²) in [7, 11) is 0. The van der Waals surface area contributed by atoms with Crippen LogP contribution in [0.4, 0.5) is 15.5 Å². The number of carbonyl (C=O) groups excluding carboxylic acids is 4. The maximum atomic E-state index is 13.7. The van der Waals surface area contributed by atoms with Gasteiger partial charge in [-0.3, -0.25) is 14.4 Å². The molecule has 1 aliphatic rings. The maximum Gasteiger partial charge on any atom is 0.410 e. The molecule has 0 spiro atoms. The highest BCUT2D eigenvalue weighted by molar-refractivity contribution is 8.00. The molecule has 0 aliphatic carbocycles. The zero-order valence-corrected chi connectivity index (χ0v) is 32.5. The van der Waals surface area contributed by atoms with Crippen molar-refractivity contribution in [2.45, 2.75) is 69.8 Å². The molecule has 1 atom stereocenters. The molecule has 13 heteroatoms. The van der Waals surface area contributed by atoms with Crippen molar-refractivity contribution in [3.63, 3.8) is 0 Å². The Kier molecular flexibility index (Phi) is 13.2. The fourth-order valence-electron chi connectivity index (χ4n) is 5.55. The monoisotopic (exact) mass is 765 g/mol. The lowest BCUT2D eigenvalue weighted by Crippen LogP contribution is -2.39. The Bertz CT molecular complexity index is 2070. The molecule has 0 saturated heterocycles. The zero-order valence-electron chi connectivity index (χ0n) is 30.9. The van der Waals surface area contributed by atoms with Gasteiger partial charge < -0.3 is 30.3 Å². The number of fused-ring (bicyclic) bond motifs is 1. The van der Waals surface area contributed by atoms with Gasteiger partial charge in [0, 0.05) is 27.6 Å². The Morgan fingerprint density at radius 3 is 2.41 bits per heavy atom. The Labute approximate surface area is 323 Å². The van der Waals surface area contributed by atoms with Gasteiger partial charge in [-0.25, -0.2) is 4.79 Å². The van der Waals surface area contributed by atoms with E-state index in [1.54, 1.807) is 83.8 Å². The molecule has 3 N–H and O–H groups in total. The van der Waals surface area contributed by atoms with E-state index in [1.807, 2.05) is 40.7 Å². The van der Waals surface area contributed by atoms with E-state index in [0.717, 1.165) is 15.3 Å². The van der Waals surface area contributed by atoms with Gasteiger partial charge in [0.2, 0.25) is 5.91 Å². The number of ether oxygens (including phenoxy) is 2. The summed E-state index contributed by atoms with van der Waals surface area (Å²) in [6.45, 7) is 10.5. The number of thioether (sulfide) groups is 1. The second kappa shape index (κ2) is 18.0. The largest absolute Gasteiger partial charge is 0.494 e. The van der Waals surface area contributed by atoms with E-state index in [9.17, 15) is 24.4 Å². The number of carbonyl (C=O) groups is 4. The van der Waals surface area contributed by atoms with Crippen LogP contribution in [-0.2, 0) is 27.3 Å². The average molecular weight is 766 g/mol. The number of nitrogens with one attached hydrogen (secondary N) is 3. The molecule has 280 valence electrons. The molecule has 54 heavy (non-hydrogen) atoms. The Morgan fingerprint density at radius 1 is 1.00 bits per heavy atom. The fraction of sp³-hybridized carbons (Fsp3) is 0.293. The van der Waals surface area contributed by atoms with Crippen molar-refractivity contribution >= 4 is 63.7 Å². The maximum absolute atomic E-state index is 13.7. The number of thiophene rings is 1. The van der Waals surface area contributed by atoms with Crippen LogP contribution in [0.1, 0.15) is 73.0 Å². The zero-order chi connectivity index (χ0) is 38.8. The first-order valence-electron chi connectivity index (χ1n) is 17.6. The molecule has 1 unspecified atom stereocenters. The van der Waals surface area contributed by atoms with Gasteiger partial charge >= 0.3 is 6.09 Å². The first-order chi connectivity index (χ1) is 25.9. The third kappa shape index (κ3) is 10.5. The minimum Gasteiger partial charge on any atom is -0.494 e. The van der Waals surface area contributed by atoms with Crippen molar-refractivity contribution in [1.29, 1.82) is 5.26 Å². The summed E-state index contributed by atoms with van der Waals surface area (Å²) in [6, 6.07) is 25.2. The minimum atomic E-state index is -0.626. The van der Waals surface area contributed by atoms with Crippen molar-refractivity contribution in [2.24, 2.45) is 0 Å². The lowest BCUT2D eigenvalue weighted by Gasteiger charge is -2.29. The molecule has 0 fully saturated rings. The van der Waals surface area contributed by atoms with Gasteiger partial charge in [0.1, 0.15) is 28.1 Å². The summed E-state index contributed by atoms with van der Waals surface area (Å²) in [5, 5.41) is 18.6. The molecule has 0 saturated carbocycles. The fourth-order valence-corrected chi connectivity index (χ4v) is 7.78. The molecule has 0 radical (unpaired) electrons. The number of nitrogens with zero attached hydrogens (tertiary/aromatic N) is 2. The second-order valence-electron chi connectivity index (χ2n) is 13.3. The van der Waals surface area contributed by atoms with Crippen LogP contribution in [0.3, 0.4) is 0 Å². The molecule has 4 aromatic rings. The van der Waals surface area contributed by atoms with E-state index in [4.69, 9.17) is 9.47 Å². The molecule has 3 aromatic carbocycles. The van der Waals surface area contributed by atoms with Gasteiger partial charge in [-0.15, -0.1) is 23.1 Å². The predicted octanol–water partition coefficient (Wildman–Crippen LogP) is 8.23. The summed E-state index contributed by atoms with van der Waals surface area (Å²) in [6.07, 6.45) is 2.16. The molecule has 0 bridgehead atoms. The Morgan fingerprint density at radius 2 is 1.74 bits per heavy atom. The molecular formula is C41H43N5O6S2. The van der Waals surface area contributed by atoms with Crippen molar-refractivity contribution in [2.75, 3.05) is 23.8 Å². The highest BCUT2D eigenvalue weighted by Gasteiger charge is 2.31. The number of hydrogen-bond donors (Lipinski definition) is 3. The van der Waals surface area contributed by atoms with Crippen LogP contribution in [0.25, 0.3) is 6.08 Å². The lowest BCUT2D eigenvalue weighted by atomic mass is 10.0. The van der Waals surface area contributed by atoms with Gasteiger partial charge in [-0.1, -0.05) is 43.3 Å². The number of hydrogen-bond acceptors (Lipinski definition) is 9. The molecule has 1 aliphatic heterocycles. The van der Waals surface area contributed by atoms with Gasteiger partial charge in [-0.2, -0.15) is 5.26 Å². The van der Waals surface area contributed by atoms with Crippen LogP contribution in [0, 0.1) is 11.3 Å². The smallest absolute Gasteiger partial charge is 0.410 e. The molecule has 1 aromatic heterocycles. The highest BCUT2D eigenvalue weighted by Crippen LogP contribution is 2.38. The first-order valence-corrected chi connectivity index (χ1v) is 19.3. The van der Waals surface area contributed by atoms with Crippen LogP contribution < -0.4 is 20.7 Å². The number of benzene rings is 3. The van der Waals surface area contributed by atoms with Crippen LogP contribution in [0.2, 0.25) is 0 Å². The standard InChI is InChI=1S/C41H43N5O6S2/c1-6-34(38(49)45-39-32(24-42)31-20-21-46(25-35(31)54-39)40(50)52-41(3,4)5)53-30-15-11-14-28(23-30)43-37(48)33(44-36(47)27-12-9-8-10-13-27)22-26-16-18-29(19-17-26)51-7-2/h8-19,22-23,34H,6-7,20-21,25H2,1-5H3,(H,43,48)(H,44,47)(H,45,49)/b33-22+. The van der Waals surface area contributed by atoms with Crippen LogP contribution in [0.5, 0.6) is 5.75 Å². The van der Waals surface area contributed by atoms with E-state index in [1.165, 1.54) is 23.1 Å². The Hall–Kier alpha value is -5.58. The van der Waals surface area contributed by atoms with Crippen molar-refractivity contribution in [1.82, 2.24) is 10.2 Å². The number of anilines is 2. The number of rotatable bonds is 12. The third-order valence-electron chi connectivity index (χ3n) is 8.12. The Balaban J connectivity index is 1.28. The molecule has 2 heterocycles. The van der Waals surface area contributed by atoms with Crippen LogP contribution >= 0.6 is 23.1 Å². The van der Waals surface area contributed by atoms with Gasteiger partial charge in [0.05, 0.1) is 24.0 Å². The lowest BCUT2D eigenvalue weighted by molar-refractivity contribution is -0.116. The van der Waals surface area contributed by atoms with E-state index < -0.39 is 28.8 Å². The van der Waals surface area contributed by atoms with E-state index in [0.29, 0.717) is 65.7 Å². The molecule has 4 amide bonds. The van der Waals surface area contributed by atoms with Crippen molar-refractivity contribution in [3.05, 3.63) is 112 Å². The normalized spacial score (nSPS) is 13.2. The minimum absolute atomic E-state index is 0.0399. The summed E-state index contributed by atoms with van der Waals surface area (Å²) < 4.78 is 11.1. The summed E-state index contributed by atoms with van der Waals surface area (Å²) in [5.41, 5.74) is 2.24. The number of amides is 4. The van der Waals surface area contributed by atoms with E-state index in [2.05, 4.69) is 22.0 Å². The van der Waals surface area contributed by atoms with Crippen LogP contribution in [-0.4, -0.2) is 52.7 Å². The highest BCUT2D eigenvalue weighted by atomic mass is 32.2. The molecular weight excluding hydrogens is 723 g/mol. The van der Waals surface area contributed by atoms with E-state index in [-0.39, 0.29) is 11.6 Å². The SMILES string of the molecule is CCOc1ccc(/C=C(/NC(=O)c2ccccc2)C(=O)Nc2cccc(SC(CC)C(=O)Nc3sc4c(c3C#N)CCN(C(=O)OC(C)(C)C)C4)c2)cc1. The third-order valence-corrected chi connectivity index (χ3v) is 10.6. The molecule has 11 nitrogen and oxygen atoms in total. The number of nitriles is 1. The van der Waals surface area contributed by atoms with Gasteiger partial charge in [0.15, 0.2) is 0 Å². The summed E-state index contributed by atoms with van der Waals surface area (Å²) in [4.78, 5) is 56.3. The first kappa shape index (κ1) is 39.6. The average Bonchev–Trinajstić information content (AvgIpc) is 3.50. The van der Waals surface area contributed by atoms with Crippen molar-refractivity contribution in [3.8, 4) is 11.8 Å². The topological polar surface area (TPSA) is 150 Å². The second-order valence-corrected chi connectivity index (χ2v) is 15.7. The van der Waals surface area contributed by atoms with Gasteiger partial charge in [0.25, 0.3) is 11.8 Å². The predicted molar refractivity (Wildman–Crippen MR) is 213 cm³/mol. The van der Waals surface area contributed by atoms with Crippen molar-refractivity contribution < 1.29 is 28.7 Å². The summed E-state index contributed by atoms with van der Waals surface area (Å²) >= 11 is 2.64. The van der Waals surface area contributed by atoms with Crippen LogP contribution in [0.15, 0.2) is 89.5 Å². The molecule has 5 rings (SSSR count). The quantitative estimate of drug-likeness (QED) is 0.0965. The van der Waals surface area contributed by atoms with Gasteiger partial charge in [-0.05, 0) is 100 Å². The van der Waals surface area contributed by atoms with E-state index >= 15 is 0 Å². The summed E-state index contributed by atoms with van der Waals surface area (Å²) in [5.74, 6) is -0.541.